The van der Waals surface area contributed by atoms with Gasteiger partial charge in [-0.1, -0.05) is 79.1 Å². The first kappa shape index (κ1) is 35.1. The van der Waals surface area contributed by atoms with Crippen LogP contribution in [0.5, 0.6) is 0 Å². The molecule has 0 bridgehead atoms. The monoisotopic (exact) mass is 568 g/mol. The van der Waals surface area contributed by atoms with Crippen molar-refractivity contribution in [3.63, 3.8) is 0 Å². The van der Waals surface area contributed by atoms with Crippen LogP contribution in [0, 0.1) is 0 Å². The zero-order chi connectivity index (χ0) is 29.8. The van der Waals surface area contributed by atoms with Crippen LogP contribution >= 0.6 is 0 Å². The Morgan fingerprint density at radius 3 is 1.60 bits per heavy atom. The molecule has 40 heavy (non-hydrogen) atoms. The van der Waals surface area contributed by atoms with Crippen LogP contribution in [0.2, 0.25) is 0 Å². The van der Waals surface area contributed by atoms with Crippen molar-refractivity contribution in [3.8, 4) is 0 Å². The Hall–Kier alpha value is -2.91. The highest BCUT2D eigenvalue weighted by Gasteiger charge is 2.46. The highest BCUT2D eigenvalue weighted by Crippen LogP contribution is 2.30. The molecule has 0 aromatic carbocycles. The van der Waals surface area contributed by atoms with E-state index < -0.39 is 54.4 Å². The minimum Gasteiger partial charge on any atom is -0.462 e. The van der Waals surface area contributed by atoms with E-state index in [0.29, 0.717) is 25.7 Å². The van der Waals surface area contributed by atoms with Gasteiger partial charge in [-0.05, 0) is 25.7 Å². The van der Waals surface area contributed by atoms with Gasteiger partial charge in [0.1, 0.15) is 6.61 Å². The normalized spacial score (nSPS) is 15.4. The summed E-state index contributed by atoms with van der Waals surface area (Å²) in [6, 6.07) is 0. The van der Waals surface area contributed by atoms with Gasteiger partial charge in [-0.25, -0.2) is 4.79 Å². The molecule has 1 rings (SSSR count). The number of hydrogen-bond acceptors (Lipinski definition) is 10. The van der Waals surface area contributed by atoms with Crippen LogP contribution in [0.15, 0.2) is 11.5 Å². The molecule has 0 radical (unpaired) electrons. The molecule has 1 heterocycles. The van der Waals surface area contributed by atoms with Gasteiger partial charge in [-0.2, -0.15) is 0 Å². The Morgan fingerprint density at radius 1 is 0.650 bits per heavy atom. The van der Waals surface area contributed by atoms with Crippen molar-refractivity contribution in [3.05, 3.63) is 11.5 Å². The predicted molar refractivity (Wildman–Crippen MR) is 146 cm³/mol. The van der Waals surface area contributed by atoms with Crippen LogP contribution in [-0.4, -0.2) is 48.7 Å². The summed E-state index contributed by atoms with van der Waals surface area (Å²) in [6.07, 6.45) is 7.03. The topological polar surface area (TPSA) is 132 Å². The third kappa shape index (κ3) is 13.9. The summed E-state index contributed by atoms with van der Waals surface area (Å²) in [5, 5.41) is 0. The van der Waals surface area contributed by atoms with Gasteiger partial charge >= 0.3 is 29.8 Å². The second-order valence-electron chi connectivity index (χ2n) is 10.0. The fraction of sp³-hybridized carbons (Fsp3) is 0.767. The molecule has 0 fully saturated rings. The SMILES string of the molecule is CCCCCC(=O)OC[C@H](OC(=O)CCCCC)[C@H]1OC(=O)C(OC(=O)CCCCC)=C1OC(=O)CCCCC. The lowest BCUT2D eigenvalue weighted by Crippen LogP contribution is -2.38. The second kappa shape index (κ2) is 20.9. The maximum absolute atomic E-state index is 12.8. The maximum Gasteiger partial charge on any atom is 0.379 e. The van der Waals surface area contributed by atoms with Gasteiger partial charge in [0.2, 0.25) is 11.9 Å². The molecule has 0 aromatic heterocycles. The molecule has 0 saturated heterocycles. The number of carbonyl (C=O) groups excluding carboxylic acids is 5. The predicted octanol–water partition coefficient (Wildman–Crippen LogP) is 5.99. The second-order valence-corrected chi connectivity index (χ2v) is 10.0. The molecule has 1 aliphatic heterocycles. The van der Waals surface area contributed by atoms with Crippen molar-refractivity contribution in [2.45, 2.75) is 143 Å². The largest absolute Gasteiger partial charge is 0.462 e. The van der Waals surface area contributed by atoms with E-state index in [1.54, 1.807) is 0 Å². The van der Waals surface area contributed by atoms with Crippen molar-refractivity contribution >= 4 is 29.8 Å². The van der Waals surface area contributed by atoms with Crippen LogP contribution in [0.1, 0.15) is 130 Å². The summed E-state index contributed by atoms with van der Waals surface area (Å²) in [4.78, 5) is 62.8. The van der Waals surface area contributed by atoms with E-state index in [-0.39, 0.29) is 31.4 Å². The van der Waals surface area contributed by atoms with Gasteiger partial charge in [-0.15, -0.1) is 0 Å². The van der Waals surface area contributed by atoms with E-state index in [4.69, 9.17) is 23.7 Å². The number of carbonyl (C=O) groups is 5. The van der Waals surface area contributed by atoms with E-state index in [9.17, 15) is 24.0 Å². The van der Waals surface area contributed by atoms with E-state index >= 15 is 0 Å². The lowest BCUT2D eigenvalue weighted by Gasteiger charge is -2.24. The van der Waals surface area contributed by atoms with Crippen LogP contribution in [0.3, 0.4) is 0 Å². The Kier molecular flexibility index (Phi) is 18.4. The molecule has 0 saturated carbocycles. The van der Waals surface area contributed by atoms with Crippen molar-refractivity contribution in [1.29, 1.82) is 0 Å². The number of hydrogen-bond donors (Lipinski definition) is 0. The first-order valence-corrected chi connectivity index (χ1v) is 15.0. The molecular weight excluding hydrogens is 520 g/mol. The van der Waals surface area contributed by atoms with Gasteiger partial charge in [-0.3, -0.25) is 19.2 Å². The van der Waals surface area contributed by atoms with E-state index in [0.717, 1.165) is 51.4 Å². The molecular formula is C30H48O10. The van der Waals surface area contributed by atoms with E-state index in [1.807, 2.05) is 27.7 Å². The fourth-order valence-electron chi connectivity index (χ4n) is 3.97. The third-order valence-electron chi connectivity index (χ3n) is 6.31. The molecule has 0 spiro atoms. The van der Waals surface area contributed by atoms with Crippen molar-refractivity contribution < 1.29 is 47.7 Å². The highest BCUT2D eigenvalue weighted by molar-refractivity contribution is 5.93. The van der Waals surface area contributed by atoms with Crippen LogP contribution < -0.4 is 0 Å². The molecule has 0 unspecified atom stereocenters. The van der Waals surface area contributed by atoms with Crippen LogP contribution in [0.4, 0.5) is 0 Å². The molecule has 0 aromatic rings. The number of unbranched alkanes of at least 4 members (excludes halogenated alkanes) is 8. The summed E-state index contributed by atoms with van der Waals surface area (Å²) in [7, 11) is 0. The Labute approximate surface area is 238 Å². The molecule has 10 heteroatoms. The van der Waals surface area contributed by atoms with Gasteiger partial charge < -0.3 is 23.7 Å². The minimum absolute atomic E-state index is 0.0677. The number of esters is 5. The zero-order valence-corrected chi connectivity index (χ0v) is 24.8. The lowest BCUT2D eigenvalue weighted by molar-refractivity contribution is -0.172. The standard InChI is InChI=1S/C30H48O10/c1-5-9-13-17-23(31)36-21-22(37-24(32)18-14-10-6-2)27-28(38-25(33)19-15-11-7-3)29(30(35)40-27)39-26(34)20-16-12-8-4/h22,27H,5-21H2,1-4H3/t22-,27+/m0/s1. The Bertz CT molecular complexity index is 847. The van der Waals surface area contributed by atoms with Crippen LogP contribution in [0.25, 0.3) is 0 Å². The summed E-state index contributed by atoms with van der Waals surface area (Å²) in [5.41, 5.74) is 0. The summed E-state index contributed by atoms with van der Waals surface area (Å²) in [6.45, 7) is 7.58. The summed E-state index contributed by atoms with van der Waals surface area (Å²) < 4.78 is 27.2. The average molecular weight is 569 g/mol. The Balaban J connectivity index is 3.21. The molecule has 0 aliphatic carbocycles. The number of cyclic esters (lactones) is 1. The van der Waals surface area contributed by atoms with Crippen molar-refractivity contribution in [2.24, 2.45) is 0 Å². The Morgan fingerprint density at radius 2 is 1.10 bits per heavy atom. The highest BCUT2D eigenvalue weighted by atomic mass is 16.7. The summed E-state index contributed by atoms with van der Waals surface area (Å²) >= 11 is 0. The zero-order valence-electron chi connectivity index (χ0n) is 24.8. The minimum atomic E-state index is -1.42. The van der Waals surface area contributed by atoms with Crippen molar-refractivity contribution in [2.75, 3.05) is 6.61 Å². The lowest BCUT2D eigenvalue weighted by atomic mass is 10.1. The molecule has 1 aliphatic rings. The first-order valence-electron chi connectivity index (χ1n) is 15.0. The quantitative estimate of drug-likeness (QED) is 0.0872. The van der Waals surface area contributed by atoms with Crippen molar-refractivity contribution in [1.82, 2.24) is 0 Å². The molecule has 0 N–H and O–H groups in total. The fourth-order valence-corrected chi connectivity index (χ4v) is 3.97. The molecule has 228 valence electrons. The number of rotatable bonds is 22. The van der Waals surface area contributed by atoms with Gasteiger partial charge in [0.25, 0.3) is 5.76 Å². The van der Waals surface area contributed by atoms with Gasteiger partial charge in [0.05, 0.1) is 0 Å². The first-order chi connectivity index (χ1) is 19.3. The molecule has 2 atom stereocenters. The number of ether oxygens (including phenoxy) is 5. The molecule has 0 amide bonds. The molecule has 10 nitrogen and oxygen atoms in total. The summed E-state index contributed by atoms with van der Waals surface area (Å²) in [5.74, 6) is -4.29. The van der Waals surface area contributed by atoms with E-state index in [2.05, 4.69) is 0 Å². The van der Waals surface area contributed by atoms with Gasteiger partial charge in [0, 0.05) is 25.7 Å². The average Bonchev–Trinajstić information content (AvgIpc) is 3.21. The maximum atomic E-state index is 12.8. The smallest absolute Gasteiger partial charge is 0.379 e. The van der Waals surface area contributed by atoms with E-state index in [1.165, 1.54) is 0 Å². The third-order valence-corrected chi connectivity index (χ3v) is 6.31. The van der Waals surface area contributed by atoms with Gasteiger partial charge in [0.15, 0.2) is 6.10 Å². The van der Waals surface area contributed by atoms with Crippen LogP contribution in [-0.2, 0) is 47.7 Å².